The first-order chi connectivity index (χ1) is 13.5. The Bertz CT molecular complexity index is 824. The van der Waals surface area contributed by atoms with Gasteiger partial charge in [-0.15, -0.1) is 0 Å². The molecule has 1 aromatic rings. The Morgan fingerprint density at radius 3 is 2.68 bits per heavy atom. The number of fused-ring (bicyclic) bond motifs is 2. The summed E-state index contributed by atoms with van der Waals surface area (Å²) in [6.45, 7) is 1.75. The molecule has 1 aliphatic carbocycles. The quantitative estimate of drug-likeness (QED) is 0.744. The monoisotopic (exact) mass is 408 g/mol. The molecule has 1 saturated carbocycles. The van der Waals surface area contributed by atoms with E-state index in [1.807, 2.05) is 4.90 Å². The van der Waals surface area contributed by atoms with Crippen molar-refractivity contribution >= 4 is 15.9 Å². The first kappa shape index (κ1) is 19.7. The molecule has 1 aromatic carbocycles. The Labute approximate surface area is 166 Å². The second kappa shape index (κ2) is 8.00. The van der Waals surface area contributed by atoms with Gasteiger partial charge in [0.2, 0.25) is 15.9 Å². The lowest BCUT2D eigenvalue weighted by molar-refractivity contribution is -0.131. The van der Waals surface area contributed by atoms with Crippen LogP contribution in [0, 0.1) is 5.92 Å². The van der Waals surface area contributed by atoms with Gasteiger partial charge >= 0.3 is 0 Å². The lowest BCUT2D eigenvalue weighted by atomic mass is 10.1. The molecule has 8 heteroatoms. The molecule has 2 heterocycles. The zero-order valence-corrected chi connectivity index (χ0v) is 17.1. The van der Waals surface area contributed by atoms with Gasteiger partial charge < -0.3 is 14.4 Å². The highest BCUT2D eigenvalue weighted by Gasteiger charge is 2.43. The zero-order chi connectivity index (χ0) is 19.7. The summed E-state index contributed by atoms with van der Waals surface area (Å²) in [5, 5.41) is 0. The SMILES string of the molecule is COCCN1[C@@H]2CCN(C(=O)CC3CC3)CC[C@@H]2Oc2ccccc2S1(=O)=O. The molecule has 154 valence electrons. The van der Waals surface area contributed by atoms with E-state index in [1.54, 1.807) is 31.4 Å². The summed E-state index contributed by atoms with van der Waals surface area (Å²) in [7, 11) is -2.13. The highest BCUT2D eigenvalue weighted by molar-refractivity contribution is 7.89. The van der Waals surface area contributed by atoms with Crippen LogP contribution < -0.4 is 4.74 Å². The van der Waals surface area contributed by atoms with Gasteiger partial charge in [0.25, 0.3) is 0 Å². The predicted molar refractivity (Wildman–Crippen MR) is 104 cm³/mol. The number of hydrogen-bond acceptors (Lipinski definition) is 5. The topological polar surface area (TPSA) is 76.2 Å². The summed E-state index contributed by atoms with van der Waals surface area (Å²) in [5.74, 6) is 1.13. The normalized spacial score (nSPS) is 27.1. The van der Waals surface area contributed by atoms with E-state index in [0.717, 1.165) is 12.8 Å². The van der Waals surface area contributed by atoms with Crippen LogP contribution in [0.25, 0.3) is 0 Å². The van der Waals surface area contributed by atoms with Crippen molar-refractivity contribution in [2.75, 3.05) is 33.4 Å². The summed E-state index contributed by atoms with van der Waals surface area (Å²) < 4.78 is 39.7. The van der Waals surface area contributed by atoms with Crippen LogP contribution >= 0.6 is 0 Å². The number of carbonyl (C=O) groups excluding carboxylic acids is 1. The van der Waals surface area contributed by atoms with Gasteiger partial charge in [0.15, 0.2) is 0 Å². The van der Waals surface area contributed by atoms with Crippen LogP contribution in [0.2, 0.25) is 0 Å². The van der Waals surface area contributed by atoms with E-state index in [1.165, 1.54) is 4.31 Å². The third kappa shape index (κ3) is 3.90. The smallest absolute Gasteiger partial charge is 0.247 e. The van der Waals surface area contributed by atoms with Crippen LogP contribution in [0.4, 0.5) is 0 Å². The van der Waals surface area contributed by atoms with E-state index < -0.39 is 10.0 Å². The van der Waals surface area contributed by atoms with Gasteiger partial charge in [-0.1, -0.05) is 12.1 Å². The number of para-hydroxylation sites is 1. The molecule has 4 rings (SSSR count). The Hall–Kier alpha value is -1.64. The van der Waals surface area contributed by atoms with Crippen LogP contribution in [0.3, 0.4) is 0 Å². The Kier molecular flexibility index (Phi) is 5.62. The van der Waals surface area contributed by atoms with Gasteiger partial charge in [0, 0.05) is 39.6 Å². The van der Waals surface area contributed by atoms with E-state index in [-0.39, 0.29) is 29.5 Å². The highest BCUT2D eigenvalue weighted by atomic mass is 32.2. The molecule has 0 aromatic heterocycles. The molecule has 7 nitrogen and oxygen atoms in total. The van der Waals surface area contributed by atoms with Gasteiger partial charge in [-0.3, -0.25) is 4.79 Å². The first-order valence-corrected chi connectivity index (χ1v) is 11.5. The van der Waals surface area contributed by atoms with Crippen molar-refractivity contribution in [1.29, 1.82) is 0 Å². The van der Waals surface area contributed by atoms with E-state index in [0.29, 0.717) is 50.6 Å². The van der Waals surface area contributed by atoms with Gasteiger partial charge in [0.05, 0.1) is 12.6 Å². The molecule has 0 unspecified atom stereocenters. The number of sulfonamides is 1. The molecular formula is C20H28N2O5S. The third-order valence-corrected chi connectivity index (χ3v) is 7.88. The third-order valence-electron chi connectivity index (χ3n) is 5.92. The van der Waals surface area contributed by atoms with E-state index in [2.05, 4.69) is 0 Å². The van der Waals surface area contributed by atoms with Crippen molar-refractivity contribution in [2.24, 2.45) is 5.92 Å². The van der Waals surface area contributed by atoms with E-state index >= 15 is 0 Å². The summed E-state index contributed by atoms with van der Waals surface area (Å²) in [4.78, 5) is 14.7. The minimum Gasteiger partial charge on any atom is -0.487 e. The van der Waals surface area contributed by atoms with E-state index in [4.69, 9.17) is 9.47 Å². The number of ether oxygens (including phenoxy) is 2. The predicted octanol–water partition coefficient (Wildman–Crippen LogP) is 1.88. The fraction of sp³-hybridized carbons (Fsp3) is 0.650. The van der Waals surface area contributed by atoms with Crippen LogP contribution in [0.1, 0.15) is 32.1 Å². The van der Waals surface area contributed by atoms with Crippen LogP contribution in [0.5, 0.6) is 5.75 Å². The number of methoxy groups -OCH3 is 1. The van der Waals surface area contributed by atoms with Gasteiger partial charge in [-0.05, 0) is 37.3 Å². The maximum absolute atomic E-state index is 13.4. The number of amides is 1. The number of carbonyl (C=O) groups is 1. The van der Waals surface area contributed by atoms with Crippen molar-refractivity contribution in [1.82, 2.24) is 9.21 Å². The second-order valence-corrected chi connectivity index (χ2v) is 9.74. The average Bonchev–Trinajstić information content (AvgIpc) is 3.50. The maximum atomic E-state index is 13.4. The molecule has 0 bridgehead atoms. The minimum absolute atomic E-state index is 0.186. The standard InChI is InChI=1S/C20H28N2O5S/c1-26-13-12-22-16-8-10-21(20(23)14-15-6-7-15)11-9-17(16)27-18-4-2-3-5-19(18)28(22,24)25/h2-5,15-17H,6-14H2,1H3/t16-,17+/m1/s1. The van der Waals surface area contributed by atoms with Crippen molar-refractivity contribution in [3.05, 3.63) is 24.3 Å². The Balaban J connectivity index is 1.62. The van der Waals surface area contributed by atoms with Crippen molar-refractivity contribution in [2.45, 2.75) is 49.1 Å². The summed E-state index contributed by atoms with van der Waals surface area (Å²) in [6.07, 6.45) is 3.81. The largest absolute Gasteiger partial charge is 0.487 e. The lowest BCUT2D eigenvalue weighted by Gasteiger charge is -2.31. The Morgan fingerprint density at radius 1 is 1.18 bits per heavy atom. The van der Waals surface area contributed by atoms with E-state index in [9.17, 15) is 13.2 Å². The maximum Gasteiger partial charge on any atom is 0.247 e. The van der Waals surface area contributed by atoms with Crippen LogP contribution in [-0.2, 0) is 19.6 Å². The molecule has 28 heavy (non-hydrogen) atoms. The number of benzene rings is 1. The zero-order valence-electron chi connectivity index (χ0n) is 16.2. The summed E-state index contributed by atoms with van der Waals surface area (Å²) in [5.41, 5.74) is 0. The van der Waals surface area contributed by atoms with Gasteiger partial charge in [-0.2, -0.15) is 4.31 Å². The van der Waals surface area contributed by atoms with Crippen LogP contribution in [0.15, 0.2) is 29.2 Å². The minimum atomic E-state index is -3.70. The van der Waals surface area contributed by atoms with Crippen LogP contribution in [-0.4, -0.2) is 69.0 Å². The number of hydrogen-bond donors (Lipinski definition) is 0. The summed E-state index contributed by atoms with van der Waals surface area (Å²) in [6, 6.07) is 6.50. The number of likely N-dealkylation sites (tertiary alicyclic amines) is 1. The summed E-state index contributed by atoms with van der Waals surface area (Å²) >= 11 is 0. The molecule has 3 aliphatic rings. The molecular weight excluding hydrogens is 380 g/mol. The molecule has 2 aliphatic heterocycles. The van der Waals surface area contributed by atoms with Gasteiger partial charge in [-0.25, -0.2) is 8.42 Å². The lowest BCUT2D eigenvalue weighted by Crippen LogP contribution is -2.48. The number of nitrogens with zero attached hydrogens (tertiary/aromatic N) is 2. The van der Waals surface area contributed by atoms with Gasteiger partial charge in [0.1, 0.15) is 16.7 Å². The molecule has 1 saturated heterocycles. The second-order valence-electron chi connectivity index (χ2n) is 7.88. The highest BCUT2D eigenvalue weighted by Crippen LogP contribution is 2.37. The average molecular weight is 409 g/mol. The van der Waals surface area contributed by atoms with Crippen molar-refractivity contribution in [3.8, 4) is 5.75 Å². The fourth-order valence-corrected chi connectivity index (χ4v) is 5.96. The van der Waals surface area contributed by atoms with Crippen molar-refractivity contribution in [3.63, 3.8) is 0 Å². The van der Waals surface area contributed by atoms with Crippen molar-refractivity contribution < 1.29 is 22.7 Å². The molecule has 0 radical (unpaired) electrons. The molecule has 2 atom stereocenters. The first-order valence-electron chi connectivity index (χ1n) is 10.0. The molecule has 0 N–H and O–H groups in total. The Morgan fingerprint density at radius 2 is 1.93 bits per heavy atom. The fourth-order valence-electron chi connectivity index (χ4n) is 4.17. The number of rotatable bonds is 5. The molecule has 2 fully saturated rings. The molecule has 0 spiro atoms. The molecule has 1 amide bonds.